The van der Waals surface area contributed by atoms with Gasteiger partial charge in [-0.2, -0.15) is 9.78 Å². The van der Waals surface area contributed by atoms with Crippen LogP contribution in [0.3, 0.4) is 0 Å². The molecule has 0 bridgehead atoms. The number of carbonyl (C=O) groups is 2. The number of hydrogen-bond donors (Lipinski definition) is 4. The molecule has 2 amide bonds. The summed E-state index contributed by atoms with van der Waals surface area (Å²) < 4.78 is 9.96. The molecule has 0 unspecified atom stereocenters. The first-order chi connectivity index (χ1) is 20.7. The second kappa shape index (κ2) is 36.6. The van der Waals surface area contributed by atoms with Crippen molar-refractivity contribution in [3.63, 3.8) is 0 Å². The molecule has 0 aliphatic heterocycles. The molecule has 246 valence electrons. The molecule has 4 N–H and O–H groups in total. The fourth-order valence-electron chi connectivity index (χ4n) is 1.91. The highest BCUT2D eigenvalue weighted by atomic mass is 32.2. The Kier molecular flexibility index (Phi) is 36.1. The van der Waals surface area contributed by atoms with Crippen LogP contribution in [0.2, 0.25) is 0 Å². The molecule has 0 saturated heterocycles. The van der Waals surface area contributed by atoms with E-state index < -0.39 is 12.2 Å². The standard InChI is InChI=1S/C22H42N4O10S6/c27-3-1-5-31-21(29)25-17-39-9-7-38-16-24-14-35-36-20-42-12-11-41-19-32-22(30)26-18-40-10-8-37-15-23-13-34-33-6-2-4-28/h13-14,27-28H,1-12,15-20H2,(H,25,29)(H,26,30). The van der Waals surface area contributed by atoms with Gasteiger partial charge in [-0.25, -0.2) is 19.6 Å². The van der Waals surface area contributed by atoms with Crippen molar-refractivity contribution in [1.82, 2.24) is 10.6 Å². The third-order valence-corrected chi connectivity index (χ3v) is 9.42. The van der Waals surface area contributed by atoms with Gasteiger partial charge in [0.1, 0.15) is 11.9 Å². The van der Waals surface area contributed by atoms with Crippen molar-refractivity contribution in [3.8, 4) is 0 Å². The minimum Gasteiger partial charge on any atom is -0.449 e. The molecule has 0 heterocycles. The number of carbonyl (C=O) groups excluding carboxylic acids is 2. The third-order valence-electron chi connectivity index (χ3n) is 3.78. The van der Waals surface area contributed by atoms with Crippen LogP contribution in [0.4, 0.5) is 9.59 Å². The quantitative estimate of drug-likeness (QED) is 0.0205. The lowest BCUT2D eigenvalue weighted by Gasteiger charge is -2.06. The maximum absolute atomic E-state index is 11.7. The largest absolute Gasteiger partial charge is 0.449 e. The molecule has 0 spiro atoms. The van der Waals surface area contributed by atoms with E-state index in [0.717, 1.165) is 34.5 Å². The van der Waals surface area contributed by atoms with E-state index in [2.05, 4.69) is 20.6 Å². The molecule has 0 aliphatic rings. The highest BCUT2D eigenvalue weighted by Gasteiger charge is 2.02. The summed E-state index contributed by atoms with van der Waals surface area (Å²) in [6.07, 6.45) is 2.56. The smallest absolute Gasteiger partial charge is 0.408 e. The third kappa shape index (κ3) is 35.6. The SMILES string of the molecule is O=C(NCSCCSCN=COOCSCCSCOC(=O)NCSCCSCN=COOCCCO)OCCCO. The van der Waals surface area contributed by atoms with Gasteiger partial charge in [-0.15, -0.1) is 70.6 Å². The number of thioether (sulfide) groups is 6. The number of ether oxygens (including phenoxy) is 2. The average molecular weight is 715 g/mol. The number of aliphatic hydroxyl groups is 2. The molecule has 0 aromatic rings. The Bertz CT molecular complexity index is 677. The van der Waals surface area contributed by atoms with E-state index in [0.29, 0.717) is 48.9 Å². The summed E-state index contributed by atoms with van der Waals surface area (Å²) in [5.74, 6) is 7.80. The number of rotatable bonds is 31. The van der Waals surface area contributed by atoms with Gasteiger partial charge in [0.05, 0.1) is 36.7 Å². The van der Waals surface area contributed by atoms with E-state index >= 15 is 0 Å². The fraction of sp³-hybridized carbons (Fsp3) is 0.818. The summed E-state index contributed by atoms with van der Waals surface area (Å²) in [6.45, 7) is 0.598. The van der Waals surface area contributed by atoms with E-state index in [1.807, 2.05) is 0 Å². The van der Waals surface area contributed by atoms with Gasteiger partial charge in [0.2, 0.25) is 12.8 Å². The molecule has 0 atom stereocenters. The first-order valence-electron chi connectivity index (χ1n) is 12.7. The first-order valence-corrected chi connectivity index (χ1v) is 19.7. The van der Waals surface area contributed by atoms with E-state index in [4.69, 9.17) is 39.2 Å². The van der Waals surface area contributed by atoms with Crippen molar-refractivity contribution in [2.45, 2.75) is 12.8 Å². The number of amides is 2. The van der Waals surface area contributed by atoms with Crippen LogP contribution in [0.25, 0.3) is 0 Å². The second-order valence-corrected chi connectivity index (χ2v) is 13.5. The lowest BCUT2D eigenvalue weighted by molar-refractivity contribution is -0.217. The Morgan fingerprint density at radius 1 is 0.619 bits per heavy atom. The molecule has 0 aromatic carbocycles. The molecule has 0 saturated carbocycles. The van der Waals surface area contributed by atoms with Gasteiger partial charge in [-0.1, -0.05) is 0 Å². The fourth-order valence-corrected chi connectivity index (χ4v) is 6.61. The molecule has 0 fully saturated rings. The number of nitrogens with one attached hydrogen (secondary N) is 2. The Morgan fingerprint density at radius 2 is 1.12 bits per heavy atom. The van der Waals surface area contributed by atoms with Crippen LogP contribution < -0.4 is 10.6 Å². The van der Waals surface area contributed by atoms with Crippen LogP contribution in [0, 0.1) is 0 Å². The molecule has 14 nitrogen and oxygen atoms in total. The van der Waals surface area contributed by atoms with Crippen LogP contribution in [-0.4, -0.2) is 132 Å². The lowest BCUT2D eigenvalue weighted by Crippen LogP contribution is -2.24. The van der Waals surface area contributed by atoms with Crippen molar-refractivity contribution < 1.29 is 48.8 Å². The number of alkyl carbamates (subject to hydrolysis) is 2. The van der Waals surface area contributed by atoms with Crippen molar-refractivity contribution in [3.05, 3.63) is 0 Å². The highest BCUT2D eigenvalue weighted by molar-refractivity contribution is 8.03. The van der Waals surface area contributed by atoms with Crippen molar-refractivity contribution >= 4 is 95.6 Å². The summed E-state index contributed by atoms with van der Waals surface area (Å²) in [5.41, 5.74) is 0. The molecule has 0 aliphatic carbocycles. The maximum atomic E-state index is 11.7. The monoisotopic (exact) mass is 714 g/mol. The first kappa shape index (κ1) is 41.4. The molecule has 0 aromatic heterocycles. The van der Waals surface area contributed by atoms with E-state index in [-0.39, 0.29) is 25.8 Å². The van der Waals surface area contributed by atoms with Crippen LogP contribution in [0.5, 0.6) is 0 Å². The van der Waals surface area contributed by atoms with Crippen molar-refractivity contribution in [2.24, 2.45) is 9.98 Å². The minimum atomic E-state index is -0.473. The predicted octanol–water partition coefficient (Wildman–Crippen LogP) is 3.30. The van der Waals surface area contributed by atoms with Gasteiger partial charge in [-0.3, -0.25) is 0 Å². The Hall–Kier alpha value is -0.580. The van der Waals surface area contributed by atoms with E-state index in [9.17, 15) is 9.59 Å². The zero-order valence-corrected chi connectivity index (χ0v) is 28.3. The molecule has 0 rings (SSSR count). The second-order valence-electron chi connectivity index (χ2n) is 7.02. The summed E-state index contributed by atoms with van der Waals surface area (Å²) in [6, 6.07) is 0. The molecular formula is C22H42N4O10S6. The van der Waals surface area contributed by atoms with Crippen LogP contribution in [-0.2, 0) is 29.0 Å². The maximum Gasteiger partial charge on any atom is 0.408 e. The van der Waals surface area contributed by atoms with Crippen LogP contribution in [0.1, 0.15) is 12.8 Å². The number of aliphatic hydroxyl groups excluding tert-OH is 2. The summed E-state index contributed by atoms with van der Waals surface area (Å²) >= 11 is 9.50. The van der Waals surface area contributed by atoms with E-state index in [1.54, 1.807) is 58.8 Å². The summed E-state index contributed by atoms with van der Waals surface area (Å²) in [5, 5.41) is 22.5. The summed E-state index contributed by atoms with van der Waals surface area (Å²) in [7, 11) is 0. The van der Waals surface area contributed by atoms with Crippen LogP contribution in [0.15, 0.2) is 9.98 Å². The van der Waals surface area contributed by atoms with Gasteiger partial charge in [0, 0.05) is 54.2 Å². The topological polar surface area (TPSA) is 179 Å². The molecule has 0 radical (unpaired) electrons. The van der Waals surface area contributed by atoms with Gasteiger partial charge in [0.25, 0.3) is 0 Å². The van der Waals surface area contributed by atoms with Gasteiger partial charge in [-0.05, 0) is 6.42 Å². The normalized spacial score (nSPS) is 11.2. The predicted molar refractivity (Wildman–Crippen MR) is 178 cm³/mol. The van der Waals surface area contributed by atoms with Crippen molar-refractivity contribution in [2.75, 3.05) is 96.3 Å². The molecular weight excluding hydrogens is 673 g/mol. The lowest BCUT2D eigenvalue weighted by atomic mass is 10.5. The molecule has 20 heteroatoms. The highest BCUT2D eigenvalue weighted by Crippen LogP contribution is 2.09. The Balaban J connectivity index is 3.26. The zero-order chi connectivity index (χ0) is 30.6. The molecule has 42 heavy (non-hydrogen) atoms. The van der Waals surface area contributed by atoms with E-state index in [1.165, 1.54) is 24.6 Å². The number of hydrogen-bond acceptors (Lipinski definition) is 18. The van der Waals surface area contributed by atoms with Gasteiger partial charge >= 0.3 is 12.2 Å². The zero-order valence-electron chi connectivity index (χ0n) is 23.4. The minimum absolute atomic E-state index is 0.00136. The summed E-state index contributed by atoms with van der Waals surface area (Å²) in [4.78, 5) is 50.4. The number of nitrogens with zero attached hydrogens (tertiary/aromatic N) is 2. The van der Waals surface area contributed by atoms with Crippen molar-refractivity contribution in [1.29, 1.82) is 0 Å². The van der Waals surface area contributed by atoms with Gasteiger partial charge in [0.15, 0.2) is 0 Å². The van der Waals surface area contributed by atoms with Gasteiger partial charge < -0.3 is 40.1 Å². The average Bonchev–Trinajstić information content (AvgIpc) is 2.99. The Labute approximate surface area is 272 Å². The Morgan fingerprint density at radius 3 is 1.74 bits per heavy atom. The van der Waals surface area contributed by atoms with Crippen LogP contribution >= 0.6 is 70.6 Å². The number of aliphatic imine (C=N–C) groups is 2.